The molecular formula is C14H22N4O2. The second-order valence-corrected chi connectivity index (χ2v) is 5.16. The Hall–Kier alpha value is -1.82. The molecule has 6 heteroatoms. The molecular weight excluding hydrogens is 256 g/mol. The van der Waals surface area contributed by atoms with Gasteiger partial charge in [0.15, 0.2) is 0 Å². The first-order chi connectivity index (χ1) is 9.66. The number of carbonyl (C=O) groups is 1. The quantitative estimate of drug-likeness (QED) is 0.547. The molecule has 3 N–H and O–H groups in total. The number of rotatable bonds is 6. The molecule has 2 amide bonds. The number of aromatic nitrogens is 2. The van der Waals surface area contributed by atoms with Crippen molar-refractivity contribution in [2.24, 2.45) is 0 Å². The van der Waals surface area contributed by atoms with Crippen molar-refractivity contribution in [3.63, 3.8) is 0 Å². The van der Waals surface area contributed by atoms with Gasteiger partial charge in [0.05, 0.1) is 31.1 Å². The number of aromatic amines is 1. The maximum Gasteiger partial charge on any atom is 0.315 e. The number of carbonyl (C=O) groups excluding carboxylic acids is 1. The summed E-state index contributed by atoms with van der Waals surface area (Å²) in [6.07, 6.45) is 4.88. The van der Waals surface area contributed by atoms with Crippen LogP contribution in [0, 0.1) is 0 Å². The smallest absolute Gasteiger partial charge is 0.315 e. The van der Waals surface area contributed by atoms with Crippen LogP contribution in [-0.4, -0.2) is 36.0 Å². The van der Waals surface area contributed by atoms with E-state index in [-0.39, 0.29) is 12.1 Å². The topological polar surface area (TPSA) is 79.0 Å². The predicted octanol–water partition coefficient (Wildman–Crippen LogP) is 1.68. The van der Waals surface area contributed by atoms with Crippen molar-refractivity contribution >= 4 is 6.03 Å². The summed E-state index contributed by atoms with van der Waals surface area (Å²) < 4.78 is 5.32. The van der Waals surface area contributed by atoms with Gasteiger partial charge in [-0.1, -0.05) is 12.2 Å². The highest BCUT2D eigenvalue weighted by Gasteiger charge is 2.23. The molecule has 1 heterocycles. The van der Waals surface area contributed by atoms with Gasteiger partial charge in [-0.25, -0.2) is 4.79 Å². The zero-order chi connectivity index (χ0) is 14.4. The van der Waals surface area contributed by atoms with E-state index in [1.165, 1.54) is 5.56 Å². The van der Waals surface area contributed by atoms with E-state index in [2.05, 4.69) is 27.4 Å². The molecule has 2 rings (SSSR count). The van der Waals surface area contributed by atoms with E-state index < -0.39 is 0 Å². The predicted molar refractivity (Wildman–Crippen MR) is 76.4 cm³/mol. The summed E-state index contributed by atoms with van der Waals surface area (Å²) >= 11 is 0. The summed E-state index contributed by atoms with van der Waals surface area (Å²) in [6.45, 7) is 7.16. The molecule has 0 bridgehead atoms. The number of nitrogens with zero attached hydrogens (tertiary/aromatic N) is 1. The highest BCUT2D eigenvalue weighted by atomic mass is 16.5. The number of ether oxygens (including phenoxy) is 1. The third kappa shape index (κ3) is 4.09. The lowest BCUT2D eigenvalue weighted by Crippen LogP contribution is -2.40. The van der Waals surface area contributed by atoms with Crippen LogP contribution in [0.1, 0.15) is 37.1 Å². The highest BCUT2D eigenvalue weighted by Crippen LogP contribution is 2.27. The summed E-state index contributed by atoms with van der Waals surface area (Å²) in [7, 11) is 0. The molecule has 1 aromatic rings. The van der Waals surface area contributed by atoms with E-state index in [1.807, 2.05) is 13.1 Å². The molecule has 0 fully saturated rings. The largest absolute Gasteiger partial charge is 0.375 e. The second kappa shape index (κ2) is 7.09. The van der Waals surface area contributed by atoms with E-state index >= 15 is 0 Å². The summed E-state index contributed by atoms with van der Waals surface area (Å²) in [5.41, 5.74) is 3.21. The van der Waals surface area contributed by atoms with Crippen molar-refractivity contribution < 1.29 is 9.53 Å². The Bertz CT molecular complexity index is 469. The number of amides is 2. The van der Waals surface area contributed by atoms with Crippen molar-refractivity contribution in [2.45, 2.75) is 32.2 Å². The molecule has 0 aromatic carbocycles. The Labute approximate surface area is 119 Å². The van der Waals surface area contributed by atoms with Gasteiger partial charge in [0.1, 0.15) is 0 Å². The first-order valence-electron chi connectivity index (χ1n) is 6.95. The van der Waals surface area contributed by atoms with Gasteiger partial charge in [0.25, 0.3) is 0 Å². The number of hydrogen-bond donors (Lipinski definition) is 3. The Morgan fingerprint density at radius 1 is 1.65 bits per heavy atom. The zero-order valence-electron chi connectivity index (χ0n) is 11.9. The highest BCUT2D eigenvalue weighted by molar-refractivity contribution is 5.74. The lowest BCUT2D eigenvalue weighted by Gasteiger charge is -2.23. The Morgan fingerprint density at radius 2 is 2.50 bits per heavy atom. The number of nitrogens with one attached hydrogen (secondary N) is 3. The Morgan fingerprint density at radius 3 is 3.30 bits per heavy atom. The van der Waals surface area contributed by atoms with Crippen LogP contribution in [0.25, 0.3) is 0 Å². The lowest BCUT2D eigenvalue weighted by molar-refractivity contribution is 0.157. The molecule has 1 atom stereocenters. The van der Waals surface area contributed by atoms with Crippen molar-refractivity contribution in [2.75, 3.05) is 19.8 Å². The minimum Gasteiger partial charge on any atom is -0.375 e. The molecule has 0 unspecified atom stereocenters. The minimum atomic E-state index is -0.170. The number of aryl methyl sites for hydroxylation is 1. The van der Waals surface area contributed by atoms with E-state index in [0.717, 1.165) is 30.5 Å². The van der Waals surface area contributed by atoms with Gasteiger partial charge in [-0.15, -0.1) is 0 Å². The summed E-state index contributed by atoms with van der Waals surface area (Å²) in [4.78, 5) is 11.8. The van der Waals surface area contributed by atoms with Crippen LogP contribution >= 0.6 is 0 Å². The van der Waals surface area contributed by atoms with Gasteiger partial charge in [0.2, 0.25) is 0 Å². The number of fused-ring (bicyclic) bond motifs is 1. The molecule has 6 nitrogen and oxygen atoms in total. The normalized spacial score (nSPS) is 17.4. The fourth-order valence-electron chi connectivity index (χ4n) is 2.30. The van der Waals surface area contributed by atoms with Crippen molar-refractivity contribution in [3.8, 4) is 0 Å². The van der Waals surface area contributed by atoms with Gasteiger partial charge in [0, 0.05) is 6.54 Å². The molecule has 0 saturated heterocycles. The molecule has 0 radical (unpaired) electrons. The summed E-state index contributed by atoms with van der Waals surface area (Å²) in [5, 5.41) is 12.8. The van der Waals surface area contributed by atoms with Crippen LogP contribution in [0.15, 0.2) is 18.3 Å². The Kier molecular flexibility index (Phi) is 5.17. The van der Waals surface area contributed by atoms with Crippen LogP contribution in [0.4, 0.5) is 4.79 Å². The third-order valence-corrected chi connectivity index (χ3v) is 3.22. The molecule has 1 aromatic heterocycles. The van der Waals surface area contributed by atoms with E-state index in [1.54, 1.807) is 0 Å². The van der Waals surface area contributed by atoms with Crippen LogP contribution < -0.4 is 10.6 Å². The van der Waals surface area contributed by atoms with E-state index in [9.17, 15) is 4.79 Å². The molecule has 0 spiro atoms. The number of H-pyrrole nitrogens is 1. The number of hydrogen-bond acceptors (Lipinski definition) is 3. The fourth-order valence-corrected chi connectivity index (χ4v) is 2.30. The molecule has 1 aliphatic carbocycles. The Balaban J connectivity index is 1.69. The van der Waals surface area contributed by atoms with Crippen LogP contribution in [-0.2, 0) is 11.2 Å². The molecule has 20 heavy (non-hydrogen) atoms. The van der Waals surface area contributed by atoms with Gasteiger partial charge < -0.3 is 15.4 Å². The van der Waals surface area contributed by atoms with Gasteiger partial charge in [-0.05, 0) is 31.7 Å². The van der Waals surface area contributed by atoms with Gasteiger partial charge >= 0.3 is 6.03 Å². The average molecular weight is 278 g/mol. The van der Waals surface area contributed by atoms with Crippen LogP contribution in [0.2, 0.25) is 0 Å². The van der Waals surface area contributed by atoms with Gasteiger partial charge in [-0.2, -0.15) is 5.10 Å². The van der Waals surface area contributed by atoms with Gasteiger partial charge in [-0.3, -0.25) is 5.10 Å². The van der Waals surface area contributed by atoms with E-state index in [4.69, 9.17) is 4.74 Å². The second-order valence-electron chi connectivity index (χ2n) is 5.16. The lowest BCUT2D eigenvalue weighted by atomic mass is 9.94. The van der Waals surface area contributed by atoms with Crippen molar-refractivity contribution in [1.29, 1.82) is 0 Å². The third-order valence-electron chi connectivity index (χ3n) is 3.22. The first kappa shape index (κ1) is 14.6. The fraction of sp³-hybridized carbons (Fsp3) is 0.571. The zero-order valence-corrected chi connectivity index (χ0v) is 11.9. The molecule has 0 saturated carbocycles. The van der Waals surface area contributed by atoms with E-state index in [0.29, 0.717) is 19.8 Å². The minimum absolute atomic E-state index is 0.0255. The molecule has 0 aliphatic heterocycles. The van der Waals surface area contributed by atoms with Crippen LogP contribution in [0.5, 0.6) is 0 Å². The maximum atomic E-state index is 11.8. The van der Waals surface area contributed by atoms with Crippen molar-refractivity contribution in [3.05, 3.63) is 29.6 Å². The maximum absolute atomic E-state index is 11.8. The number of urea groups is 1. The summed E-state index contributed by atoms with van der Waals surface area (Å²) in [6, 6.07) is -0.144. The molecule has 110 valence electrons. The monoisotopic (exact) mass is 278 g/mol. The van der Waals surface area contributed by atoms with Crippen molar-refractivity contribution in [1.82, 2.24) is 20.8 Å². The summed E-state index contributed by atoms with van der Waals surface area (Å²) in [5.74, 6) is 0. The average Bonchev–Trinajstić information content (AvgIpc) is 2.87. The first-order valence-corrected chi connectivity index (χ1v) is 6.95. The standard InChI is InChI=1S/C14H22N4O2/c1-10(2)9-20-7-6-15-14(19)17-12-5-3-4-11-8-16-18-13(11)12/h8,12H,1,3-7,9H2,2H3,(H,16,18)(H2,15,17,19)/t12-/m0/s1. The SMILES string of the molecule is C=C(C)COCCNC(=O)N[C@H]1CCCc2cn[nH]c21. The van der Waals surface area contributed by atoms with Crippen LogP contribution in [0.3, 0.4) is 0 Å². The molecule has 1 aliphatic rings.